The first-order valence-corrected chi connectivity index (χ1v) is 9.20. The fraction of sp³-hybridized carbons (Fsp3) is 0.556. The number of ketones is 1. The van der Waals surface area contributed by atoms with Gasteiger partial charge in [0.2, 0.25) is 0 Å². The first-order valence-electron chi connectivity index (χ1n) is 8.32. The van der Waals surface area contributed by atoms with Crippen molar-refractivity contribution < 1.29 is 22.4 Å². The second-order valence-electron chi connectivity index (χ2n) is 5.99. The highest BCUT2D eigenvalue weighted by Crippen LogP contribution is 2.26. The molecule has 134 valence electrons. The normalized spacial score (nSPS) is 19.7. The number of halogens is 1. The monoisotopic (exact) mass is 448 g/mol. The number of hydrogen-bond acceptors (Lipinski definition) is 5. The summed E-state index contributed by atoms with van der Waals surface area (Å²) >= 11 is 1.39. The van der Waals surface area contributed by atoms with Crippen molar-refractivity contribution in [2.45, 2.75) is 59.0 Å². The van der Waals surface area contributed by atoms with Crippen LogP contribution in [0.3, 0.4) is 0 Å². The zero-order valence-corrected chi connectivity index (χ0v) is 16.6. The van der Waals surface area contributed by atoms with Gasteiger partial charge < -0.3 is 7.95 Å². The fourth-order valence-corrected chi connectivity index (χ4v) is 2.46. The summed E-state index contributed by atoms with van der Waals surface area (Å²) in [5.74, 6) is -0.309. The minimum absolute atomic E-state index is 0.122. The molecule has 0 bridgehead atoms. The molecule has 0 atom stereocenters. The Morgan fingerprint density at radius 2 is 1.62 bits per heavy atom. The van der Waals surface area contributed by atoms with Crippen LogP contribution in [0, 0.1) is 5.92 Å². The van der Waals surface area contributed by atoms with Crippen LogP contribution in [0.2, 0.25) is 0 Å². The fourth-order valence-electron chi connectivity index (χ4n) is 2.26. The van der Waals surface area contributed by atoms with E-state index in [-0.39, 0.29) is 11.7 Å². The van der Waals surface area contributed by atoms with Gasteiger partial charge in [0.15, 0.2) is 28.8 Å². The van der Waals surface area contributed by atoms with Crippen LogP contribution < -0.4 is 4.89 Å². The number of Topliss-reactive ketones (excluding diaryl/α,β-unsaturated/α-hetero) is 1. The number of hydrogen-bond donors (Lipinski definition) is 0. The summed E-state index contributed by atoms with van der Waals surface area (Å²) in [7, 11) is 0. The molecule has 1 aromatic carbocycles. The van der Waals surface area contributed by atoms with E-state index in [4.69, 9.17) is 9.78 Å². The molecule has 2 rings (SSSR count). The van der Waals surface area contributed by atoms with Crippen LogP contribution in [-0.2, 0) is 12.7 Å². The van der Waals surface area contributed by atoms with Crippen molar-refractivity contribution >= 4 is 34.8 Å². The van der Waals surface area contributed by atoms with Gasteiger partial charge in [-0.3, -0.25) is 4.79 Å². The van der Waals surface area contributed by atoms with E-state index in [2.05, 4.69) is 23.8 Å². The number of carbonyl (C=O) groups is 2. The Hall–Kier alpha value is -1.15. The Balaban J connectivity index is 0.000000891. The van der Waals surface area contributed by atoms with Crippen molar-refractivity contribution in [3.05, 3.63) is 29.8 Å². The topological polar surface area (TPSA) is 61.8 Å². The van der Waals surface area contributed by atoms with Gasteiger partial charge in [0, 0.05) is 5.56 Å². The van der Waals surface area contributed by atoms with Gasteiger partial charge in [-0.1, -0.05) is 27.2 Å². The molecule has 1 fully saturated rings. The van der Waals surface area contributed by atoms with Crippen molar-refractivity contribution in [1.29, 1.82) is 0 Å². The average molecular weight is 448 g/mol. The van der Waals surface area contributed by atoms with E-state index in [1.165, 1.54) is 41.6 Å². The molecule has 1 saturated carbocycles. The van der Waals surface area contributed by atoms with Crippen LogP contribution in [0.15, 0.2) is 24.3 Å². The second-order valence-corrected chi connectivity index (χ2v) is 6.43. The molecule has 0 heterocycles. The van der Waals surface area contributed by atoms with Gasteiger partial charge in [-0.15, -0.1) is 0 Å². The smallest absolute Gasteiger partial charge is 0.389 e. The second kappa shape index (κ2) is 11.4. The van der Waals surface area contributed by atoms with E-state index in [0.29, 0.717) is 5.75 Å². The van der Waals surface area contributed by atoms with Gasteiger partial charge in [0.1, 0.15) is 6.10 Å². The van der Waals surface area contributed by atoms with Crippen molar-refractivity contribution in [1.82, 2.24) is 0 Å². The maximum Gasteiger partial charge on any atom is 0.389 e. The summed E-state index contributed by atoms with van der Waals surface area (Å²) < 4.78 is 4.36. The van der Waals surface area contributed by atoms with Crippen molar-refractivity contribution in [2.75, 3.05) is 0 Å². The lowest BCUT2D eigenvalue weighted by Crippen LogP contribution is -2.21. The lowest BCUT2D eigenvalue weighted by molar-refractivity contribution is -0.252. The number of rotatable bonds is 5. The molecule has 1 aromatic rings. The molecule has 0 unspecified atom stereocenters. The zero-order chi connectivity index (χ0) is 17.9. The molecule has 0 amide bonds. The van der Waals surface area contributed by atoms with E-state index in [9.17, 15) is 9.59 Å². The average Bonchev–Trinajstić information content (AvgIpc) is 2.61. The van der Waals surface area contributed by atoms with Gasteiger partial charge in [-0.2, -0.15) is 4.89 Å². The third-order valence-electron chi connectivity index (χ3n) is 3.62. The van der Waals surface area contributed by atoms with Gasteiger partial charge in [0.05, 0.1) is 0 Å². The van der Waals surface area contributed by atoms with Crippen molar-refractivity contribution in [2.24, 2.45) is 5.92 Å². The summed E-state index contributed by atoms with van der Waals surface area (Å²) in [4.78, 5) is 33.4. The molecule has 1 aliphatic carbocycles. The molecule has 5 nitrogen and oxygen atoms in total. The van der Waals surface area contributed by atoms with Crippen LogP contribution in [-0.4, -0.2) is 17.9 Å². The van der Waals surface area contributed by atoms with Gasteiger partial charge in [0.25, 0.3) is 5.78 Å². The highest BCUT2D eigenvalue weighted by molar-refractivity contribution is 14.1. The quantitative estimate of drug-likeness (QED) is 0.207. The molecule has 0 radical (unpaired) electrons. The molecule has 0 N–H and O–H groups in total. The van der Waals surface area contributed by atoms with E-state index in [0.717, 1.165) is 31.6 Å². The molecule has 6 heteroatoms. The first kappa shape index (κ1) is 20.9. The molecule has 0 saturated heterocycles. The Labute approximate surface area is 157 Å². The predicted molar refractivity (Wildman–Crippen MR) is 100.0 cm³/mol. The number of benzene rings is 1. The molecule has 0 aliphatic heterocycles. The zero-order valence-electron chi connectivity index (χ0n) is 14.4. The first-order chi connectivity index (χ1) is 11.5. The largest absolute Gasteiger partial charge is 0.389 e. The van der Waals surface area contributed by atoms with Crippen LogP contribution in [0.4, 0.5) is 0 Å². The minimum atomic E-state index is -0.892. The Morgan fingerprint density at radius 3 is 2.12 bits per heavy atom. The van der Waals surface area contributed by atoms with Crippen molar-refractivity contribution in [3.8, 4) is 5.75 Å². The van der Waals surface area contributed by atoms with E-state index in [1.54, 1.807) is 12.1 Å². The predicted octanol–water partition coefficient (Wildman–Crippen LogP) is 5.07. The van der Waals surface area contributed by atoms with Crippen LogP contribution in [0.1, 0.15) is 63.2 Å². The van der Waals surface area contributed by atoms with Gasteiger partial charge in [-0.05, 0) is 55.9 Å². The summed E-state index contributed by atoms with van der Waals surface area (Å²) in [5.41, 5.74) is 0.260. The van der Waals surface area contributed by atoms with Gasteiger partial charge in [-0.25, -0.2) is 4.79 Å². The summed E-state index contributed by atoms with van der Waals surface area (Å²) in [6.07, 6.45) is 5.68. The Kier molecular flexibility index (Phi) is 9.94. The highest BCUT2D eigenvalue weighted by atomic mass is 127. The molecule has 0 spiro atoms. The molecule has 24 heavy (non-hydrogen) atoms. The maximum absolute atomic E-state index is 11.6. The van der Waals surface area contributed by atoms with Crippen LogP contribution in [0.5, 0.6) is 5.75 Å². The number of carbonyl (C=O) groups excluding carboxylic acids is 2. The standard InChI is InChI=1S/C15H17IO5.C3H8/c1-10-2-6-12(7-3-10)20-21-13-8-4-11(5-9-13)14(17)15(18)19-16;1-3-2/h4-5,8-10,12H,2-3,6-7H2,1H3;3H2,1-2H3. The molecular formula is C18H25IO5. The SMILES string of the molecule is CC1CCC(OOc2ccc(C(=O)C(=O)OI)cc2)CC1.CCC. The lowest BCUT2D eigenvalue weighted by Gasteiger charge is -2.24. The van der Waals surface area contributed by atoms with Gasteiger partial charge >= 0.3 is 5.97 Å². The van der Waals surface area contributed by atoms with E-state index >= 15 is 0 Å². The van der Waals surface area contributed by atoms with E-state index in [1.807, 2.05) is 0 Å². The molecule has 1 aliphatic rings. The van der Waals surface area contributed by atoms with E-state index < -0.39 is 11.8 Å². The third kappa shape index (κ3) is 7.17. The maximum atomic E-state index is 11.6. The Morgan fingerprint density at radius 1 is 1.08 bits per heavy atom. The van der Waals surface area contributed by atoms with Crippen molar-refractivity contribution in [3.63, 3.8) is 0 Å². The van der Waals surface area contributed by atoms with Crippen LogP contribution >= 0.6 is 23.0 Å². The lowest BCUT2D eigenvalue weighted by atomic mass is 9.89. The summed E-state index contributed by atoms with van der Waals surface area (Å²) in [5, 5.41) is 0. The molecule has 0 aromatic heterocycles. The third-order valence-corrected chi connectivity index (χ3v) is 4.02. The summed E-state index contributed by atoms with van der Waals surface area (Å²) in [6, 6.07) is 6.22. The highest BCUT2D eigenvalue weighted by Gasteiger charge is 2.20. The molecular weight excluding hydrogens is 423 g/mol. The van der Waals surface area contributed by atoms with Crippen LogP contribution in [0.25, 0.3) is 0 Å². The minimum Gasteiger partial charge on any atom is -0.389 e. The Bertz CT molecular complexity index is 507. The summed E-state index contributed by atoms with van der Waals surface area (Å²) in [6.45, 7) is 6.49.